The molecule has 1 N–H and O–H groups in total. The third kappa shape index (κ3) is 3.99. The summed E-state index contributed by atoms with van der Waals surface area (Å²) < 4.78 is 13.7. The summed E-state index contributed by atoms with van der Waals surface area (Å²) in [6, 6.07) is 6.17. The number of halogens is 1. The lowest BCUT2D eigenvalue weighted by atomic mass is 9.92. The summed E-state index contributed by atoms with van der Waals surface area (Å²) in [4.78, 5) is 24.4. The van der Waals surface area contributed by atoms with Crippen LogP contribution in [-0.2, 0) is 0 Å². The molecule has 1 atom stereocenters. The zero-order chi connectivity index (χ0) is 18.7. The van der Waals surface area contributed by atoms with Gasteiger partial charge in [-0.25, -0.2) is 14.4 Å². The first kappa shape index (κ1) is 18.3. The van der Waals surface area contributed by atoms with Crippen LogP contribution in [0.3, 0.4) is 0 Å². The summed E-state index contributed by atoms with van der Waals surface area (Å²) in [5.74, 6) is -0.154. The summed E-state index contributed by atoms with van der Waals surface area (Å²) >= 11 is 0. The SMILES string of the molecule is Cc1ccc(C(=O)N(C)C[C@]2(O)CCCN(c3ncccn3)C2)cc1F. The van der Waals surface area contributed by atoms with E-state index >= 15 is 0 Å². The minimum atomic E-state index is -1.06. The summed E-state index contributed by atoms with van der Waals surface area (Å²) in [7, 11) is 1.62. The quantitative estimate of drug-likeness (QED) is 0.906. The van der Waals surface area contributed by atoms with Crippen LogP contribution in [0.2, 0.25) is 0 Å². The largest absolute Gasteiger partial charge is 0.386 e. The van der Waals surface area contributed by atoms with Crippen LogP contribution < -0.4 is 4.90 Å². The van der Waals surface area contributed by atoms with Gasteiger partial charge in [-0.1, -0.05) is 6.07 Å². The van der Waals surface area contributed by atoms with Gasteiger partial charge in [0.1, 0.15) is 5.82 Å². The van der Waals surface area contributed by atoms with Crippen molar-refractivity contribution in [2.24, 2.45) is 0 Å². The molecule has 1 aromatic heterocycles. The van der Waals surface area contributed by atoms with Crippen molar-refractivity contribution >= 4 is 11.9 Å². The normalized spacial score (nSPS) is 20.1. The van der Waals surface area contributed by atoms with Crippen LogP contribution in [0.25, 0.3) is 0 Å². The van der Waals surface area contributed by atoms with Crippen LogP contribution in [0.4, 0.5) is 10.3 Å². The number of anilines is 1. The Balaban J connectivity index is 1.70. The first-order chi connectivity index (χ1) is 12.4. The number of nitrogens with zero attached hydrogens (tertiary/aromatic N) is 4. The number of carbonyl (C=O) groups excluding carboxylic acids is 1. The molecule has 2 heterocycles. The molecule has 1 saturated heterocycles. The highest BCUT2D eigenvalue weighted by atomic mass is 19.1. The average Bonchev–Trinajstić information content (AvgIpc) is 2.63. The van der Waals surface area contributed by atoms with Crippen molar-refractivity contribution < 1.29 is 14.3 Å². The Labute approximate surface area is 152 Å². The van der Waals surface area contributed by atoms with Crippen LogP contribution in [-0.4, -0.2) is 58.2 Å². The van der Waals surface area contributed by atoms with Crippen molar-refractivity contribution in [3.8, 4) is 0 Å². The van der Waals surface area contributed by atoms with Crippen molar-refractivity contribution in [1.29, 1.82) is 0 Å². The fourth-order valence-corrected chi connectivity index (χ4v) is 3.33. The highest BCUT2D eigenvalue weighted by Crippen LogP contribution is 2.25. The Morgan fingerprint density at radius 3 is 2.81 bits per heavy atom. The van der Waals surface area contributed by atoms with E-state index in [2.05, 4.69) is 9.97 Å². The van der Waals surface area contributed by atoms with E-state index in [-0.39, 0.29) is 18.0 Å². The molecule has 2 aromatic rings. The van der Waals surface area contributed by atoms with E-state index in [4.69, 9.17) is 0 Å². The molecule has 0 spiro atoms. The lowest BCUT2D eigenvalue weighted by molar-refractivity contribution is -0.000304. The van der Waals surface area contributed by atoms with E-state index in [0.717, 1.165) is 13.0 Å². The Bertz CT molecular complexity index is 786. The monoisotopic (exact) mass is 358 g/mol. The van der Waals surface area contributed by atoms with E-state index in [1.54, 1.807) is 44.6 Å². The van der Waals surface area contributed by atoms with Gasteiger partial charge in [0.2, 0.25) is 5.95 Å². The van der Waals surface area contributed by atoms with Gasteiger partial charge >= 0.3 is 0 Å². The second-order valence-corrected chi connectivity index (χ2v) is 6.92. The van der Waals surface area contributed by atoms with Crippen LogP contribution in [0.1, 0.15) is 28.8 Å². The van der Waals surface area contributed by atoms with Crippen molar-refractivity contribution in [2.75, 3.05) is 31.6 Å². The number of aryl methyl sites for hydroxylation is 1. The third-order valence-electron chi connectivity index (χ3n) is 4.69. The van der Waals surface area contributed by atoms with E-state index in [0.29, 0.717) is 24.5 Å². The molecule has 6 nitrogen and oxygen atoms in total. The molecule has 7 heteroatoms. The molecule has 1 aromatic carbocycles. The number of benzene rings is 1. The van der Waals surface area contributed by atoms with Gasteiger partial charge in [-0.15, -0.1) is 0 Å². The van der Waals surface area contributed by atoms with Crippen LogP contribution >= 0.6 is 0 Å². The van der Waals surface area contributed by atoms with Gasteiger partial charge in [0, 0.05) is 31.5 Å². The maximum Gasteiger partial charge on any atom is 0.253 e. The molecule has 138 valence electrons. The van der Waals surface area contributed by atoms with Gasteiger partial charge in [0.05, 0.1) is 18.7 Å². The van der Waals surface area contributed by atoms with Crippen LogP contribution in [0.5, 0.6) is 0 Å². The first-order valence-electron chi connectivity index (χ1n) is 8.64. The first-order valence-corrected chi connectivity index (χ1v) is 8.64. The highest BCUT2D eigenvalue weighted by Gasteiger charge is 2.36. The predicted molar refractivity (Wildman–Crippen MR) is 96.5 cm³/mol. The fraction of sp³-hybridized carbons (Fsp3) is 0.421. The molecule has 1 amide bonds. The van der Waals surface area contributed by atoms with Crippen molar-refractivity contribution in [2.45, 2.75) is 25.4 Å². The van der Waals surface area contributed by atoms with Crippen molar-refractivity contribution in [3.05, 3.63) is 53.6 Å². The number of β-amino-alcohol motifs (C(OH)–C–C–N with tert-alkyl or cyclic N) is 1. The molecule has 0 radical (unpaired) electrons. The number of aliphatic hydroxyl groups is 1. The Morgan fingerprint density at radius 1 is 1.38 bits per heavy atom. The van der Waals surface area contributed by atoms with E-state index < -0.39 is 11.4 Å². The van der Waals surface area contributed by atoms with Gasteiger partial charge < -0.3 is 14.9 Å². The number of carbonyl (C=O) groups is 1. The highest BCUT2D eigenvalue weighted by molar-refractivity contribution is 5.94. The maximum atomic E-state index is 13.7. The Kier molecular flexibility index (Phi) is 5.18. The van der Waals surface area contributed by atoms with Crippen molar-refractivity contribution in [1.82, 2.24) is 14.9 Å². The number of likely N-dealkylation sites (N-methyl/N-ethyl adjacent to an activating group) is 1. The zero-order valence-electron chi connectivity index (χ0n) is 15.0. The van der Waals surface area contributed by atoms with Gasteiger partial charge in [0.15, 0.2) is 0 Å². The number of rotatable bonds is 4. The summed E-state index contributed by atoms with van der Waals surface area (Å²) in [6.07, 6.45) is 4.68. The molecule has 1 aliphatic rings. The molecular formula is C19H23FN4O2. The molecule has 0 unspecified atom stereocenters. The summed E-state index contributed by atoms with van der Waals surface area (Å²) in [5.41, 5.74) is -0.294. The number of hydrogen-bond acceptors (Lipinski definition) is 5. The number of amides is 1. The molecule has 3 rings (SSSR count). The molecular weight excluding hydrogens is 335 g/mol. The second kappa shape index (κ2) is 7.37. The number of aromatic nitrogens is 2. The van der Waals surface area contributed by atoms with Gasteiger partial charge in [0.25, 0.3) is 5.91 Å². The molecule has 0 bridgehead atoms. The van der Waals surface area contributed by atoms with Crippen LogP contribution in [0.15, 0.2) is 36.7 Å². The molecule has 1 fully saturated rings. The fourth-order valence-electron chi connectivity index (χ4n) is 3.33. The van der Waals surface area contributed by atoms with Crippen molar-refractivity contribution in [3.63, 3.8) is 0 Å². The minimum absolute atomic E-state index is 0.157. The van der Waals surface area contributed by atoms with E-state index in [9.17, 15) is 14.3 Å². The molecule has 26 heavy (non-hydrogen) atoms. The van der Waals surface area contributed by atoms with Crippen LogP contribution in [0, 0.1) is 12.7 Å². The standard InChI is InChI=1S/C19H23FN4O2/c1-14-5-6-15(11-16(14)20)17(25)23(2)12-19(26)7-3-10-24(13-19)18-21-8-4-9-22-18/h4-6,8-9,11,26H,3,7,10,12-13H2,1-2H3/t19-/m1/s1. The number of hydrogen-bond donors (Lipinski definition) is 1. The Morgan fingerprint density at radius 2 is 2.12 bits per heavy atom. The minimum Gasteiger partial charge on any atom is -0.386 e. The topological polar surface area (TPSA) is 69.6 Å². The maximum absolute atomic E-state index is 13.7. The Hall–Kier alpha value is -2.54. The smallest absolute Gasteiger partial charge is 0.253 e. The third-order valence-corrected chi connectivity index (χ3v) is 4.69. The van der Waals surface area contributed by atoms with Gasteiger partial charge in [-0.05, 0) is 43.5 Å². The van der Waals surface area contributed by atoms with Gasteiger partial charge in [-0.2, -0.15) is 0 Å². The van der Waals surface area contributed by atoms with Gasteiger partial charge in [-0.3, -0.25) is 4.79 Å². The summed E-state index contributed by atoms with van der Waals surface area (Å²) in [6.45, 7) is 2.91. The average molecular weight is 358 g/mol. The number of piperidine rings is 1. The molecule has 0 saturated carbocycles. The molecule has 1 aliphatic heterocycles. The summed E-state index contributed by atoms with van der Waals surface area (Å²) in [5, 5.41) is 11.0. The lowest BCUT2D eigenvalue weighted by Gasteiger charge is -2.41. The van der Waals surface area contributed by atoms with E-state index in [1.807, 2.05) is 4.90 Å². The molecule has 0 aliphatic carbocycles. The second-order valence-electron chi connectivity index (χ2n) is 6.92. The zero-order valence-corrected chi connectivity index (χ0v) is 15.0. The lowest BCUT2D eigenvalue weighted by Crippen LogP contribution is -2.55. The van der Waals surface area contributed by atoms with E-state index in [1.165, 1.54) is 11.0 Å². The predicted octanol–water partition coefficient (Wildman–Crippen LogP) is 2.03.